The second-order valence-corrected chi connectivity index (χ2v) is 7.51. The van der Waals surface area contributed by atoms with Crippen LogP contribution in [0.25, 0.3) is 10.8 Å². The average Bonchev–Trinajstić information content (AvgIpc) is 2.62. The summed E-state index contributed by atoms with van der Waals surface area (Å²) in [5.74, 6) is -0.433. The van der Waals surface area contributed by atoms with Gasteiger partial charge in [-0.2, -0.15) is 0 Å². The summed E-state index contributed by atoms with van der Waals surface area (Å²) >= 11 is 0. The predicted molar refractivity (Wildman–Crippen MR) is 105 cm³/mol. The Bertz CT molecular complexity index is 1100. The Morgan fingerprint density at radius 2 is 1.50 bits per heavy atom. The van der Waals surface area contributed by atoms with Crippen molar-refractivity contribution >= 4 is 38.1 Å². The van der Waals surface area contributed by atoms with Gasteiger partial charge in [0.15, 0.2) is 0 Å². The van der Waals surface area contributed by atoms with Gasteiger partial charge in [-0.1, -0.05) is 55.1 Å². The van der Waals surface area contributed by atoms with Gasteiger partial charge in [-0.3, -0.25) is 9.52 Å². The number of nitrogens with one attached hydrogen (secondary N) is 2. The van der Waals surface area contributed by atoms with Crippen LogP contribution in [0.2, 0.25) is 0 Å². The topological polar surface area (TPSA) is 75.3 Å². The number of sulfonamides is 1. The highest BCUT2D eigenvalue weighted by Gasteiger charge is 2.20. The average molecular weight is 366 g/mol. The zero-order valence-electron chi connectivity index (χ0n) is 14.2. The van der Waals surface area contributed by atoms with Crippen LogP contribution in [0.1, 0.15) is 6.92 Å². The molecule has 26 heavy (non-hydrogen) atoms. The van der Waals surface area contributed by atoms with Gasteiger partial charge in [-0.15, -0.1) is 0 Å². The third kappa shape index (κ3) is 3.60. The highest BCUT2D eigenvalue weighted by Crippen LogP contribution is 2.28. The summed E-state index contributed by atoms with van der Waals surface area (Å²) in [5.41, 5.74) is 0.969. The van der Waals surface area contributed by atoms with Gasteiger partial charge in [0.25, 0.3) is 15.9 Å². The fourth-order valence-electron chi connectivity index (χ4n) is 2.55. The fraction of sp³-hybridized carbons (Fsp3) is 0.0500. The van der Waals surface area contributed by atoms with Crippen molar-refractivity contribution in [1.29, 1.82) is 0 Å². The fourth-order valence-corrected chi connectivity index (χ4v) is 3.79. The molecule has 0 radical (unpaired) electrons. The largest absolute Gasteiger partial charge is 0.321 e. The van der Waals surface area contributed by atoms with Crippen LogP contribution in [0.4, 0.5) is 11.4 Å². The van der Waals surface area contributed by atoms with E-state index in [4.69, 9.17) is 0 Å². The smallest absolute Gasteiger partial charge is 0.263 e. The number of hydrogen-bond donors (Lipinski definition) is 2. The summed E-state index contributed by atoms with van der Waals surface area (Å²) in [5, 5.41) is 4.30. The van der Waals surface area contributed by atoms with E-state index >= 15 is 0 Å². The molecule has 0 heterocycles. The van der Waals surface area contributed by atoms with E-state index in [2.05, 4.69) is 16.6 Å². The summed E-state index contributed by atoms with van der Waals surface area (Å²) < 4.78 is 28.5. The van der Waals surface area contributed by atoms with Gasteiger partial charge in [0, 0.05) is 11.0 Å². The molecule has 3 aromatic carbocycles. The lowest BCUT2D eigenvalue weighted by atomic mass is 10.1. The van der Waals surface area contributed by atoms with E-state index in [-0.39, 0.29) is 10.6 Å². The molecule has 0 spiro atoms. The molecule has 0 aliphatic heterocycles. The zero-order chi connectivity index (χ0) is 18.7. The summed E-state index contributed by atoms with van der Waals surface area (Å²) in [6, 6.07) is 19.2. The third-order valence-electron chi connectivity index (χ3n) is 3.85. The van der Waals surface area contributed by atoms with Crippen molar-refractivity contribution in [3.8, 4) is 0 Å². The number of fused-ring (bicyclic) bond motifs is 1. The number of carbonyl (C=O) groups excluding carboxylic acids is 1. The summed E-state index contributed by atoms with van der Waals surface area (Å²) in [7, 11) is -3.90. The molecule has 0 aromatic heterocycles. The minimum Gasteiger partial charge on any atom is -0.321 e. The first kappa shape index (κ1) is 17.7. The highest BCUT2D eigenvalue weighted by atomic mass is 32.2. The van der Waals surface area contributed by atoms with Crippen LogP contribution in [-0.4, -0.2) is 14.3 Å². The molecular weight excluding hydrogens is 348 g/mol. The third-order valence-corrected chi connectivity index (χ3v) is 5.27. The van der Waals surface area contributed by atoms with Crippen LogP contribution >= 0.6 is 0 Å². The lowest BCUT2D eigenvalue weighted by Crippen LogP contribution is -2.18. The Morgan fingerprint density at radius 1 is 0.885 bits per heavy atom. The van der Waals surface area contributed by atoms with E-state index in [1.807, 2.05) is 30.3 Å². The lowest BCUT2D eigenvalue weighted by Gasteiger charge is -2.14. The molecule has 0 aliphatic rings. The Kier molecular flexibility index (Phi) is 4.77. The van der Waals surface area contributed by atoms with Crippen LogP contribution in [0, 0.1) is 0 Å². The molecule has 0 saturated carbocycles. The van der Waals surface area contributed by atoms with Gasteiger partial charge in [-0.25, -0.2) is 8.42 Å². The maximum absolute atomic E-state index is 12.9. The Morgan fingerprint density at radius 3 is 2.27 bits per heavy atom. The maximum atomic E-state index is 12.9. The van der Waals surface area contributed by atoms with Crippen LogP contribution in [0.5, 0.6) is 0 Å². The molecule has 0 atom stereocenters. The SMILES string of the molecule is C=C(C)C(=O)Nc1ccccc1S(=O)(=O)Nc1cccc2ccccc12. The number of para-hydroxylation sites is 1. The summed E-state index contributed by atoms with van der Waals surface area (Å²) in [6.07, 6.45) is 0. The molecular formula is C20H18N2O3S. The Balaban J connectivity index is 2.01. The number of benzene rings is 3. The van der Waals surface area contributed by atoms with Gasteiger partial charge in [0.2, 0.25) is 0 Å². The Hall–Kier alpha value is -3.12. The molecule has 6 heteroatoms. The summed E-state index contributed by atoms with van der Waals surface area (Å²) in [4.78, 5) is 11.9. The monoisotopic (exact) mass is 366 g/mol. The predicted octanol–water partition coefficient (Wildman–Crippen LogP) is 4.16. The first-order chi connectivity index (χ1) is 12.4. The number of rotatable bonds is 5. The van der Waals surface area contributed by atoms with E-state index < -0.39 is 15.9 Å². The number of amides is 1. The van der Waals surface area contributed by atoms with E-state index in [1.165, 1.54) is 6.07 Å². The lowest BCUT2D eigenvalue weighted by molar-refractivity contribution is -0.112. The summed E-state index contributed by atoms with van der Waals surface area (Å²) in [6.45, 7) is 5.12. The van der Waals surface area contributed by atoms with Crippen LogP contribution < -0.4 is 10.0 Å². The van der Waals surface area contributed by atoms with Crippen molar-refractivity contribution in [3.63, 3.8) is 0 Å². The minimum absolute atomic E-state index is 0.0115. The molecule has 0 aliphatic carbocycles. The highest BCUT2D eigenvalue weighted by molar-refractivity contribution is 7.93. The normalized spacial score (nSPS) is 11.1. The molecule has 3 rings (SSSR count). The standard InChI is InChI=1S/C20H18N2O3S/c1-14(2)20(23)21-18-11-5-6-13-19(18)26(24,25)22-17-12-7-9-15-8-3-4-10-16(15)17/h3-13,22H,1H2,2H3,(H,21,23). The van der Waals surface area contributed by atoms with Gasteiger partial charge < -0.3 is 5.32 Å². The maximum Gasteiger partial charge on any atom is 0.263 e. The van der Waals surface area contributed by atoms with Crippen molar-refractivity contribution in [2.45, 2.75) is 11.8 Å². The van der Waals surface area contributed by atoms with Crippen molar-refractivity contribution < 1.29 is 13.2 Å². The van der Waals surface area contributed by atoms with E-state index in [0.29, 0.717) is 11.3 Å². The first-order valence-electron chi connectivity index (χ1n) is 7.95. The molecule has 5 nitrogen and oxygen atoms in total. The zero-order valence-corrected chi connectivity index (χ0v) is 15.0. The van der Waals surface area contributed by atoms with Crippen LogP contribution in [0.15, 0.2) is 83.8 Å². The van der Waals surface area contributed by atoms with Gasteiger partial charge >= 0.3 is 0 Å². The van der Waals surface area contributed by atoms with E-state index in [1.54, 1.807) is 37.3 Å². The van der Waals surface area contributed by atoms with Crippen molar-refractivity contribution in [2.75, 3.05) is 10.0 Å². The van der Waals surface area contributed by atoms with Gasteiger partial charge in [0.05, 0.1) is 11.4 Å². The minimum atomic E-state index is -3.90. The number of carbonyl (C=O) groups is 1. The van der Waals surface area contributed by atoms with Crippen molar-refractivity contribution in [2.24, 2.45) is 0 Å². The second-order valence-electron chi connectivity index (χ2n) is 5.86. The molecule has 3 aromatic rings. The van der Waals surface area contributed by atoms with Crippen LogP contribution in [-0.2, 0) is 14.8 Å². The van der Waals surface area contributed by atoms with Gasteiger partial charge in [-0.05, 0) is 30.5 Å². The first-order valence-corrected chi connectivity index (χ1v) is 9.43. The molecule has 132 valence electrons. The molecule has 0 fully saturated rings. The Labute approximate surface area is 152 Å². The molecule has 0 saturated heterocycles. The quantitative estimate of drug-likeness (QED) is 0.666. The molecule has 2 N–H and O–H groups in total. The molecule has 1 amide bonds. The van der Waals surface area contributed by atoms with E-state index in [9.17, 15) is 13.2 Å². The molecule has 0 unspecified atom stereocenters. The second kappa shape index (κ2) is 7.01. The molecule has 0 bridgehead atoms. The number of hydrogen-bond acceptors (Lipinski definition) is 3. The van der Waals surface area contributed by atoms with Crippen molar-refractivity contribution in [3.05, 3.63) is 78.9 Å². The van der Waals surface area contributed by atoms with Crippen LogP contribution in [0.3, 0.4) is 0 Å². The van der Waals surface area contributed by atoms with E-state index in [0.717, 1.165) is 10.8 Å². The van der Waals surface area contributed by atoms with Crippen molar-refractivity contribution in [1.82, 2.24) is 0 Å². The number of anilines is 2. The van der Waals surface area contributed by atoms with Gasteiger partial charge in [0.1, 0.15) is 4.90 Å².